The van der Waals surface area contributed by atoms with Crippen molar-refractivity contribution >= 4 is 5.69 Å². The Kier molecular flexibility index (Phi) is 5.26. The highest BCUT2D eigenvalue weighted by atomic mass is 16.5. The van der Waals surface area contributed by atoms with Gasteiger partial charge in [-0.25, -0.2) is 0 Å². The molecule has 2 aromatic rings. The smallest absolute Gasteiger partial charge is 0.118 e. The van der Waals surface area contributed by atoms with Gasteiger partial charge in [0.05, 0.1) is 13.2 Å². The Hall–Kier alpha value is -1.96. The van der Waals surface area contributed by atoms with E-state index in [1.54, 1.807) is 7.11 Å². The third-order valence-corrected chi connectivity index (χ3v) is 3.82. The van der Waals surface area contributed by atoms with Crippen molar-refractivity contribution in [2.75, 3.05) is 12.4 Å². The van der Waals surface area contributed by atoms with Crippen LogP contribution in [0.3, 0.4) is 0 Å². The maximum Gasteiger partial charge on any atom is 0.118 e. The Morgan fingerprint density at radius 2 is 1.71 bits per heavy atom. The topological polar surface area (TPSA) is 21.3 Å². The third kappa shape index (κ3) is 4.01. The van der Waals surface area contributed by atoms with Crippen molar-refractivity contribution in [3.8, 4) is 5.75 Å². The molecule has 2 heteroatoms. The second-order valence-corrected chi connectivity index (χ2v) is 5.66. The molecule has 1 unspecified atom stereocenters. The third-order valence-electron chi connectivity index (χ3n) is 3.82. The highest BCUT2D eigenvalue weighted by Gasteiger charge is 2.10. The van der Waals surface area contributed by atoms with Crippen LogP contribution in [0.5, 0.6) is 5.75 Å². The lowest BCUT2D eigenvalue weighted by Gasteiger charge is -2.20. The van der Waals surface area contributed by atoms with E-state index in [1.165, 1.54) is 16.8 Å². The van der Waals surface area contributed by atoms with Gasteiger partial charge in [0.15, 0.2) is 0 Å². The van der Waals surface area contributed by atoms with Gasteiger partial charge in [0, 0.05) is 5.69 Å². The Morgan fingerprint density at radius 3 is 2.29 bits per heavy atom. The monoisotopic (exact) mass is 283 g/mol. The molecule has 2 nitrogen and oxygen atoms in total. The van der Waals surface area contributed by atoms with Crippen LogP contribution >= 0.6 is 0 Å². The molecule has 0 saturated carbocycles. The number of nitrogens with one attached hydrogen (secondary N) is 1. The molecule has 0 heterocycles. The summed E-state index contributed by atoms with van der Waals surface area (Å²) in [4.78, 5) is 0. The van der Waals surface area contributed by atoms with Crippen molar-refractivity contribution in [3.05, 3.63) is 59.7 Å². The molecule has 0 aliphatic rings. The van der Waals surface area contributed by atoms with E-state index in [4.69, 9.17) is 4.74 Å². The summed E-state index contributed by atoms with van der Waals surface area (Å²) in [5.41, 5.74) is 3.83. The molecule has 1 N–H and O–H groups in total. The summed E-state index contributed by atoms with van der Waals surface area (Å²) in [6.07, 6.45) is 1.04. The number of hydrogen-bond acceptors (Lipinski definition) is 2. The highest BCUT2D eigenvalue weighted by Crippen LogP contribution is 2.26. The summed E-state index contributed by atoms with van der Waals surface area (Å²) in [5.74, 6) is 1.45. The molecule has 1 atom stereocenters. The normalized spacial score (nSPS) is 12.2. The van der Waals surface area contributed by atoms with Gasteiger partial charge < -0.3 is 10.1 Å². The van der Waals surface area contributed by atoms with Gasteiger partial charge in [-0.1, -0.05) is 45.0 Å². The van der Waals surface area contributed by atoms with E-state index in [0.717, 1.165) is 12.2 Å². The Bertz CT molecular complexity index is 560. The summed E-state index contributed by atoms with van der Waals surface area (Å²) in [7, 11) is 1.70. The summed E-state index contributed by atoms with van der Waals surface area (Å²) in [6.45, 7) is 6.65. The standard InChI is InChI=1S/C19H25NO/c1-5-19(15-9-11-18(21-4)12-10-15)20-17-8-6-7-16(13-17)14(2)3/h6-14,19-20H,5H2,1-4H3. The van der Waals surface area contributed by atoms with Crippen molar-refractivity contribution in [2.45, 2.75) is 39.2 Å². The van der Waals surface area contributed by atoms with Gasteiger partial charge in [0.2, 0.25) is 0 Å². The summed E-state index contributed by atoms with van der Waals surface area (Å²) >= 11 is 0. The minimum absolute atomic E-state index is 0.318. The fourth-order valence-electron chi connectivity index (χ4n) is 2.45. The van der Waals surface area contributed by atoms with Gasteiger partial charge in [-0.05, 0) is 47.7 Å². The molecule has 2 rings (SSSR count). The summed E-state index contributed by atoms with van der Waals surface area (Å²) in [6, 6.07) is 17.3. The molecular formula is C19H25NO. The average molecular weight is 283 g/mol. The SMILES string of the molecule is CCC(Nc1cccc(C(C)C)c1)c1ccc(OC)cc1. The second kappa shape index (κ2) is 7.16. The van der Waals surface area contributed by atoms with Crippen LogP contribution in [0, 0.1) is 0 Å². The van der Waals surface area contributed by atoms with Crippen LogP contribution in [0.1, 0.15) is 50.3 Å². The maximum atomic E-state index is 5.22. The predicted octanol–water partition coefficient (Wildman–Crippen LogP) is 5.38. The Balaban J connectivity index is 2.16. The maximum absolute atomic E-state index is 5.22. The van der Waals surface area contributed by atoms with Crippen molar-refractivity contribution in [1.82, 2.24) is 0 Å². The number of benzene rings is 2. The van der Waals surface area contributed by atoms with Gasteiger partial charge in [-0.3, -0.25) is 0 Å². The Labute approximate surface area is 128 Å². The van der Waals surface area contributed by atoms with E-state index in [2.05, 4.69) is 62.5 Å². The molecule has 112 valence electrons. The first-order chi connectivity index (χ1) is 10.1. The van der Waals surface area contributed by atoms with Crippen LogP contribution in [0.2, 0.25) is 0 Å². The number of hydrogen-bond donors (Lipinski definition) is 1. The van der Waals surface area contributed by atoms with Crippen LogP contribution in [0.15, 0.2) is 48.5 Å². The molecule has 0 amide bonds. The number of ether oxygens (including phenoxy) is 1. The van der Waals surface area contributed by atoms with Crippen LogP contribution in [0.4, 0.5) is 5.69 Å². The van der Waals surface area contributed by atoms with E-state index in [1.807, 2.05) is 12.1 Å². The molecule has 0 fully saturated rings. The van der Waals surface area contributed by atoms with Gasteiger partial charge in [-0.15, -0.1) is 0 Å². The number of rotatable bonds is 6. The fourth-order valence-corrected chi connectivity index (χ4v) is 2.45. The van der Waals surface area contributed by atoms with Gasteiger partial charge in [0.25, 0.3) is 0 Å². The molecule has 0 radical (unpaired) electrons. The van der Waals surface area contributed by atoms with Gasteiger partial charge in [-0.2, -0.15) is 0 Å². The number of methoxy groups -OCH3 is 1. The molecule has 0 saturated heterocycles. The van der Waals surface area contributed by atoms with Crippen LogP contribution in [-0.2, 0) is 0 Å². The molecular weight excluding hydrogens is 258 g/mol. The highest BCUT2D eigenvalue weighted by molar-refractivity contribution is 5.48. The van der Waals surface area contributed by atoms with Gasteiger partial charge >= 0.3 is 0 Å². The predicted molar refractivity (Wildman–Crippen MR) is 90.2 cm³/mol. The molecule has 0 aliphatic heterocycles. The zero-order valence-corrected chi connectivity index (χ0v) is 13.4. The Morgan fingerprint density at radius 1 is 1.00 bits per heavy atom. The van der Waals surface area contributed by atoms with Crippen LogP contribution in [-0.4, -0.2) is 7.11 Å². The fraction of sp³-hybridized carbons (Fsp3) is 0.368. The minimum atomic E-state index is 0.318. The quantitative estimate of drug-likeness (QED) is 0.768. The van der Waals surface area contributed by atoms with E-state index >= 15 is 0 Å². The zero-order valence-electron chi connectivity index (χ0n) is 13.4. The molecule has 0 aliphatic carbocycles. The molecule has 0 bridgehead atoms. The van der Waals surface area contributed by atoms with E-state index in [0.29, 0.717) is 12.0 Å². The molecule has 0 aromatic heterocycles. The van der Waals surface area contributed by atoms with Crippen molar-refractivity contribution in [1.29, 1.82) is 0 Å². The van der Waals surface area contributed by atoms with Crippen LogP contribution < -0.4 is 10.1 Å². The lowest BCUT2D eigenvalue weighted by atomic mass is 10.0. The largest absolute Gasteiger partial charge is 0.497 e. The van der Waals surface area contributed by atoms with Crippen molar-refractivity contribution < 1.29 is 4.74 Å². The minimum Gasteiger partial charge on any atom is -0.497 e. The first-order valence-corrected chi connectivity index (χ1v) is 7.64. The molecule has 0 spiro atoms. The summed E-state index contributed by atoms with van der Waals surface area (Å²) in [5, 5.41) is 3.64. The average Bonchev–Trinajstić information content (AvgIpc) is 2.53. The van der Waals surface area contributed by atoms with Crippen molar-refractivity contribution in [2.24, 2.45) is 0 Å². The number of anilines is 1. The van der Waals surface area contributed by atoms with E-state index in [-0.39, 0.29) is 0 Å². The van der Waals surface area contributed by atoms with Gasteiger partial charge in [0.1, 0.15) is 5.75 Å². The lowest BCUT2D eigenvalue weighted by molar-refractivity contribution is 0.414. The van der Waals surface area contributed by atoms with E-state index in [9.17, 15) is 0 Å². The first-order valence-electron chi connectivity index (χ1n) is 7.64. The first kappa shape index (κ1) is 15.4. The van der Waals surface area contributed by atoms with Crippen LogP contribution in [0.25, 0.3) is 0 Å². The molecule has 21 heavy (non-hydrogen) atoms. The molecule has 2 aromatic carbocycles. The second-order valence-electron chi connectivity index (χ2n) is 5.66. The van der Waals surface area contributed by atoms with Crippen molar-refractivity contribution in [3.63, 3.8) is 0 Å². The van der Waals surface area contributed by atoms with E-state index < -0.39 is 0 Å². The summed E-state index contributed by atoms with van der Waals surface area (Å²) < 4.78 is 5.22. The lowest BCUT2D eigenvalue weighted by Crippen LogP contribution is -2.09. The zero-order chi connectivity index (χ0) is 15.2.